The first-order valence-corrected chi connectivity index (χ1v) is 10.7. The highest BCUT2D eigenvalue weighted by atomic mass is 32.1. The largest absolute Gasteiger partial charge is 0.322 e. The van der Waals surface area contributed by atoms with Crippen molar-refractivity contribution in [3.63, 3.8) is 0 Å². The Balaban J connectivity index is 1.48. The molecule has 0 saturated carbocycles. The molecule has 4 aromatic rings. The van der Waals surface area contributed by atoms with Crippen LogP contribution >= 0.6 is 11.3 Å². The van der Waals surface area contributed by atoms with E-state index in [0.29, 0.717) is 6.04 Å². The molecule has 3 aromatic heterocycles. The van der Waals surface area contributed by atoms with Crippen LogP contribution in [0.5, 0.6) is 0 Å². The number of nitrogens with zero attached hydrogens (tertiary/aromatic N) is 3. The Kier molecular flexibility index (Phi) is 4.45. The van der Waals surface area contributed by atoms with Crippen molar-refractivity contribution in [2.45, 2.75) is 38.8 Å². The summed E-state index contributed by atoms with van der Waals surface area (Å²) in [4.78, 5) is 23.7. The lowest BCUT2D eigenvalue weighted by Gasteiger charge is -2.31. The number of nitrogens with one attached hydrogen (secondary N) is 1. The van der Waals surface area contributed by atoms with Gasteiger partial charge in [0, 0.05) is 18.7 Å². The lowest BCUT2D eigenvalue weighted by molar-refractivity contribution is -0.950. The van der Waals surface area contributed by atoms with Crippen LogP contribution in [0.3, 0.4) is 0 Å². The fourth-order valence-electron chi connectivity index (χ4n) is 4.21. The normalized spacial score (nSPS) is 20.0. The molecule has 6 heteroatoms. The highest BCUT2D eigenvalue weighted by Gasteiger charge is 2.31. The molecule has 0 amide bonds. The van der Waals surface area contributed by atoms with Gasteiger partial charge in [-0.25, -0.2) is 9.97 Å². The Morgan fingerprint density at radius 2 is 2.07 bits per heavy atom. The molecule has 1 aliphatic heterocycles. The first-order chi connectivity index (χ1) is 13.7. The monoisotopic (exact) mass is 391 g/mol. The number of piperidine rings is 1. The predicted octanol–water partition coefficient (Wildman–Crippen LogP) is 2.92. The number of fused-ring (bicyclic) bond motifs is 2. The number of rotatable bonds is 3. The molecular formula is C22H23N4OS+. The third-order valence-corrected chi connectivity index (χ3v) is 6.76. The summed E-state index contributed by atoms with van der Waals surface area (Å²) in [6.45, 7) is 3.84. The van der Waals surface area contributed by atoms with E-state index in [1.165, 1.54) is 27.4 Å². The zero-order valence-corrected chi connectivity index (χ0v) is 16.7. The van der Waals surface area contributed by atoms with Gasteiger partial charge in [-0.3, -0.25) is 9.20 Å². The summed E-state index contributed by atoms with van der Waals surface area (Å²) in [7, 11) is 0. The van der Waals surface area contributed by atoms with Gasteiger partial charge in [0.1, 0.15) is 23.9 Å². The fraction of sp³-hybridized carbons (Fsp3) is 0.318. The minimum atomic E-state index is -0.00311. The SMILES string of the molecule is Cc1ccc2nc(C[NH+]3CCCC[C@@H]3c3nc4ccccc4s3)cc(=O)n2c1. The van der Waals surface area contributed by atoms with Crippen LogP contribution in [0.2, 0.25) is 0 Å². The third-order valence-electron chi connectivity index (χ3n) is 5.61. The fourth-order valence-corrected chi connectivity index (χ4v) is 5.37. The van der Waals surface area contributed by atoms with E-state index in [9.17, 15) is 4.79 Å². The molecule has 1 aromatic carbocycles. The number of hydrogen-bond donors (Lipinski definition) is 1. The molecule has 0 aliphatic carbocycles. The number of thiazole rings is 1. The molecule has 1 fully saturated rings. The van der Waals surface area contributed by atoms with Crippen molar-refractivity contribution < 1.29 is 4.90 Å². The minimum absolute atomic E-state index is 0.00311. The van der Waals surface area contributed by atoms with Gasteiger partial charge >= 0.3 is 0 Å². The standard InChI is InChI=1S/C22H22N4OS/c1-15-9-10-20-23-16(12-21(27)26(20)13-15)14-25-11-5-4-7-18(25)22-24-17-6-2-3-8-19(17)28-22/h2-3,6,8-10,12-13,18H,4-5,7,11,14H2,1H3/p+1/t18-/m1/s1. The maximum Gasteiger partial charge on any atom is 0.258 e. The van der Waals surface area contributed by atoms with E-state index in [4.69, 9.17) is 9.97 Å². The summed E-state index contributed by atoms with van der Waals surface area (Å²) in [5.74, 6) is 0. The van der Waals surface area contributed by atoms with Crippen LogP contribution in [-0.4, -0.2) is 20.9 Å². The van der Waals surface area contributed by atoms with Crippen LogP contribution < -0.4 is 10.5 Å². The van der Waals surface area contributed by atoms with Crippen molar-refractivity contribution in [2.24, 2.45) is 0 Å². The zero-order valence-electron chi connectivity index (χ0n) is 15.9. The maximum absolute atomic E-state index is 12.6. The highest BCUT2D eigenvalue weighted by Crippen LogP contribution is 2.28. The van der Waals surface area contributed by atoms with Gasteiger partial charge in [0.05, 0.1) is 16.8 Å². The number of hydrogen-bond acceptors (Lipinski definition) is 4. The second kappa shape index (κ2) is 7.11. The van der Waals surface area contributed by atoms with E-state index >= 15 is 0 Å². The molecule has 0 bridgehead atoms. The van der Waals surface area contributed by atoms with E-state index in [0.717, 1.165) is 41.9 Å². The zero-order chi connectivity index (χ0) is 19.1. The summed E-state index contributed by atoms with van der Waals surface area (Å²) in [6.07, 6.45) is 5.44. The van der Waals surface area contributed by atoms with Gasteiger partial charge in [0.15, 0.2) is 5.01 Å². The first kappa shape index (κ1) is 17.5. The van der Waals surface area contributed by atoms with Crippen LogP contribution in [-0.2, 0) is 6.54 Å². The average Bonchev–Trinajstić information content (AvgIpc) is 3.13. The molecule has 1 unspecified atom stereocenters. The highest BCUT2D eigenvalue weighted by molar-refractivity contribution is 7.18. The molecule has 0 spiro atoms. The third kappa shape index (κ3) is 3.23. The molecule has 0 radical (unpaired) electrons. The molecule has 1 N–H and O–H groups in total. The van der Waals surface area contributed by atoms with E-state index in [-0.39, 0.29) is 5.56 Å². The first-order valence-electron chi connectivity index (χ1n) is 9.86. The van der Waals surface area contributed by atoms with Crippen LogP contribution in [0.1, 0.15) is 41.6 Å². The number of aryl methyl sites for hydroxylation is 1. The van der Waals surface area contributed by atoms with Crippen molar-refractivity contribution in [2.75, 3.05) is 6.54 Å². The molecule has 28 heavy (non-hydrogen) atoms. The Hall–Kier alpha value is -2.57. The number of benzene rings is 1. The molecule has 4 heterocycles. The number of para-hydroxylation sites is 1. The van der Waals surface area contributed by atoms with Gasteiger partial charge in [-0.15, -0.1) is 11.3 Å². The van der Waals surface area contributed by atoms with E-state index in [1.807, 2.05) is 42.7 Å². The van der Waals surface area contributed by atoms with Crippen LogP contribution in [0.25, 0.3) is 15.9 Å². The Bertz CT molecular complexity index is 1180. The molecule has 142 valence electrons. The smallest absolute Gasteiger partial charge is 0.258 e. The quantitative estimate of drug-likeness (QED) is 0.584. The Labute approximate surface area is 167 Å². The van der Waals surface area contributed by atoms with Crippen molar-refractivity contribution >= 4 is 27.2 Å². The molecular weight excluding hydrogens is 368 g/mol. The van der Waals surface area contributed by atoms with Gasteiger partial charge in [-0.2, -0.15) is 0 Å². The molecule has 5 rings (SSSR count). The number of quaternary nitrogens is 1. The number of pyridine rings is 1. The molecule has 1 saturated heterocycles. The maximum atomic E-state index is 12.6. The molecule has 1 aliphatic rings. The van der Waals surface area contributed by atoms with Crippen molar-refractivity contribution in [3.05, 3.63) is 75.3 Å². The van der Waals surface area contributed by atoms with E-state index in [1.54, 1.807) is 10.5 Å². The predicted molar refractivity (Wildman–Crippen MR) is 112 cm³/mol. The van der Waals surface area contributed by atoms with E-state index in [2.05, 4.69) is 18.2 Å². The van der Waals surface area contributed by atoms with Gasteiger partial charge in [0.2, 0.25) is 0 Å². The lowest BCUT2D eigenvalue weighted by atomic mass is 10.0. The molecule has 5 nitrogen and oxygen atoms in total. The summed E-state index contributed by atoms with van der Waals surface area (Å²) >= 11 is 1.81. The number of likely N-dealkylation sites (tertiary alicyclic amines) is 1. The van der Waals surface area contributed by atoms with Crippen LogP contribution in [0.4, 0.5) is 0 Å². The van der Waals surface area contributed by atoms with Gasteiger partial charge in [-0.05, 0) is 43.5 Å². The van der Waals surface area contributed by atoms with Crippen molar-refractivity contribution in [1.82, 2.24) is 14.4 Å². The van der Waals surface area contributed by atoms with Crippen LogP contribution in [0, 0.1) is 6.92 Å². The van der Waals surface area contributed by atoms with Crippen molar-refractivity contribution in [1.29, 1.82) is 0 Å². The summed E-state index contributed by atoms with van der Waals surface area (Å²) in [5, 5.41) is 1.21. The Morgan fingerprint density at radius 3 is 2.96 bits per heavy atom. The van der Waals surface area contributed by atoms with E-state index < -0.39 is 0 Å². The van der Waals surface area contributed by atoms with Crippen LogP contribution in [0.15, 0.2) is 53.5 Å². The second-order valence-corrected chi connectivity index (χ2v) is 8.74. The minimum Gasteiger partial charge on any atom is -0.322 e. The van der Waals surface area contributed by atoms with Gasteiger partial charge < -0.3 is 4.90 Å². The van der Waals surface area contributed by atoms with Gasteiger partial charge in [-0.1, -0.05) is 18.2 Å². The Morgan fingerprint density at radius 1 is 1.18 bits per heavy atom. The summed E-state index contributed by atoms with van der Waals surface area (Å²) in [5.41, 5.74) is 3.74. The summed E-state index contributed by atoms with van der Waals surface area (Å²) in [6, 6.07) is 14.4. The average molecular weight is 392 g/mol. The van der Waals surface area contributed by atoms with Crippen molar-refractivity contribution in [3.8, 4) is 0 Å². The topological polar surface area (TPSA) is 51.7 Å². The number of aromatic nitrogens is 3. The van der Waals surface area contributed by atoms with Gasteiger partial charge in [0.25, 0.3) is 5.56 Å². The lowest BCUT2D eigenvalue weighted by Crippen LogP contribution is -3.11. The second-order valence-electron chi connectivity index (χ2n) is 7.67. The molecule has 2 atom stereocenters. The summed E-state index contributed by atoms with van der Waals surface area (Å²) < 4.78 is 2.88.